The molecule has 12 N–H and O–H groups in total. The number of amides is 2. The van der Waals surface area contributed by atoms with Crippen molar-refractivity contribution in [2.24, 2.45) is 22.9 Å². The Morgan fingerprint density at radius 2 is 1.32 bits per heavy atom. The summed E-state index contributed by atoms with van der Waals surface area (Å²) in [6.07, 6.45) is 1.75. The zero-order chi connectivity index (χ0) is 31.4. The number of rotatable bonds is 8. The highest BCUT2D eigenvalue weighted by atomic mass is 16.3. The van der Waals surface area contributed by atoms with Gasteiger partial charge in [-0.15, -0.1) is 0 Å². The van der Waals surface area contributed by atoms with Crippen LogP contribution in [-0.2, 0) is 4.79 Å². The molecule has 2 fully saturated rings. The van der Waals surface area contributed by atoms with Crippen molar-refractivity contribution in [3.63, 3.8) is 0 Å². The van der Waals surface area contributed by atoms with E-state index in [1.807, 2.05) is 9.80 Å². The lowest BCUT2D eigenvalue weighted by molar-refractivity contribution is -0.115. The summed E-state index contributed by atoms with van der Waals surface area (Å²) in [4.78, 5) is 42.5. The summed E-state index contributed by atoms with van der Waals surface area (Å²) in [5.74, 6) is 0.441. The van der Waals surface area contributed by atoms with Crippen LogP contribution < -0.4 is 48.7 Å². The Kier molecular flexibility index (Phi) is 9.39. The number of nitrogens with one attached hydrogen (secondary N) is 3. The molecular formula is C29H40N12O3. The van der Waals surface area contributed by atoms with Gasteiger partial charge in [-0.25, -0.2) is 0 Å². The molecule has 0 radical (unpaired) electrons. The topological polar surface area (TPSA) is 240 Å². The predicted octanol–water partition coefficient (Wildman–Crippen LogP) is 0.651. The van der Waals surface area contributed by atoms with Crippen LogP contribution in [0.3, 0.4) is 0 Å². The minimum absolute atomic E-state index is 0.104. The van der Waals surface area contributed by atoms with Gasteiger partial charge < -0.3 is 53.8 Å². The van der Waals surface area contributed by atoms with Crippen molar-refractivity contribution in [1.82, 2.24) is 15.0 Å². The summed E-state index contributed by atoms with van der Waals surface area (Å²) in [7, 11) is 0. The van der Waals surface area contributed by atoms with Crippen molar-refractivity contribution in [1.29, 1.82) is 0 Å². The molecule has 44 heavy (non-hydrogen) atoms. The zero-order valence-corrected chi connectivity index (χ0v) is 24.6. The number of nitrogens with two attached hydrogens (primary N) is 4. The average molecular weight is 605 g/mol. The van der Waals surface area contributed by atoms with Gasteiger partial charge in [0.2, 0.25) is 23.8 Å². The molecule has 1 aromatic heterocycles. The number of carbonyl (C=O) groups excluding carboxylic acids is 2. The van der Waals surface area contributed by atoms with E-state index in [2.05, 4.69) is 25.9 Å². The van der Waals surface area contributed by atoms with E-state index >= 15 is 0 Å². The van der Waals surface area contributed by atoms with Gasteiger partial charge in [0.25, 0.3) is 5.91 Å². The molecule has 2 saturated heterocycles. The second-order valence-electron chi connectivity index (χ2n) is 11.4. The maximum absolute atomic E-state index is 12.9. The number of nitrogens with zero attached hydrogens (tertiary/aromatic N) is 5. The molecule has 0 bridgehead atoms. The van der Waals surface area contributed by atoms with Gasteiger partial charge in [-0.2, -0.15) is 15.0 Å². The first-order valence-corrected chi connectivity index (χ1v) is 14.7. The fraction of sp³-hybridized carbons (Fsp3) is 0.414. The van der Waals surface area contributed by atoms with E-state index in [0.29, 0.717) is 67.4 Å². The van der Waals surface area contributed by atoms with Crippen molar-refractivity contribution in [3.05, 3.63) is 48.0 Å². The predicted molar refractivity (Wildman–Crippen MR) is 170 cm³/mol. The second-order valence-corrected chi connectivity index (χ2v) is 11.4. The van der Waals surface area contributed by atoms with Crippen molar-refractivity contribution >= 4 is 46.7 Å². The van der Waals surface area contributed by atoms with E-state index in [1.165, 1.54) is 12.1 Å². The highest BCUT2D eigenvalue weighted by molar-refractivity contribution is 6.05. The summed E-state index contributed by atoms with van der Waals surface area (Å²) in [6.45, 7) is 3.97. The molecule has 3 aromatic rings. The lowest BCUT2D eigenvalue weighted by Gasteiger charge is -2.37. The van der Waals surface area contributed by atoms with Gasteiger partial charge in [0.15, 0.2) is 0 Å². The van der Waals surface area contributed by atoms with Crippen molar-refractivity contribution < 1.29 is 14.7 Å². The van der Waals surface area contributed by atoms with E-state index in [1.54, 1.807) is 37.3 Å². The van der Waals surface area contributed by atoms with Crippen molar-refractivity contribution in [2.75, 3.05) is 51.9 Å². The first-order chi connectivity index (χ1) is 21.1. The monoisotopic (exact) mass is 604 g/mol. The lowest BCUT2D eigenvalue weighted by Crippen LogP contribution is -2.54. The van der Waals surface area contributed by atoms with E-state index in [-0.39, 0.29) is 41.5 Å². The van der Waals surface area contributed by atoms with Crippen LogP contribution in [0.1, 0.15) is 36.5 Å². The molecule has 2 amide bonds. The van der Waals surface area contributed by atoms with Crippen LogP contribution in [-0.4, -0.2) is 82.2 Å². The van der Waals surface area contributed by atoms with Crippen LogP contribution in [0.4, 0.5) is 34.9 Å². The Balaban J connectivity index is 1.32. The third kappa shape index (κ3) is 7.68. The van der Waals surface area contributed by atoms with Crippen molar-refractivity contribution in [2.45, 2.75) is 50.4 Å². The number of benzene rings is 2. The number of phenols is 1. The van der Waals surface area contributed by atoms with Crippen LogP contribution in [0.5, 0.6) is 5.75 Å². The molecule has 15 nitrogen and oxygen atoms in total. The van der Waals surface area contributed by atoms with Gasteiger partial charge in [0.05, 0.1) is 5.69 Å². The first kappa shape index (κ1) is 30.9. The summed E-state index contributed by atoms with van der Waals surface area (Å²) >= 11 is 0. The Morgan fingerprint density at radius 3 is 1.82 bits per heavy atom. The molecule has 4 atom stereocenters. The maximum Gasteiger partial charge on any atom is 0.255 e. The highest BCUT2D eigenvalue weighted by Gasteiger charge is 2.29. The smallest absolute Gasteiger partial charge is 0.255 e. The van der Waals surface area contributed by atoms with Crippen LogP contribution in [0.2, 0.25) is 0 Å². The SMILES string of the molecule is CCC(=O)Nc1ccc(NC(=O)c2ccc(Nc3nc(N4C[C@H](N)C[C@H](N)C4)nc(N4C[C@H](N)C[C@H](N)C4)n3)cc2)c(O)c1. The first-order valence-electron chi connectivity index (χ1n) is 14.7. The lowest BCUT2D eigenvalue weighted by atomic mass is 10.0. The number of carbonyl (C=O) groups is 2. The molecule has 15 heteroatoms. The van der Waals surface area contributed by atoms with E-state index < -0.39 is 5.91 Å². The highest BCUT2D eigenvalue weighted by Crippen LogP contribution is 2.28. The number of hydrogen-bond acceptors (Lipinski definition) is 13. The quantitative estimate of drug-likeness (QED) is 0.165. The Labute approximate surface area is 255 Å². The second kappa shape index (κ2) is 13.4. The molecule has 2 aliphatic rings. The zero-order valence-electron chi connectivity index (χ0n) is 24.6. The van der Waals surface area contributed by atoms with Crippen LogP contribution in [0.15, 0.2) is 42.5 Å². The molecule has 0 aliphatic carbocycles. The fourth-order valence-electron chi connectivity index (χ4n) is 5.37. The third-order valence-electron chi connectivity index (χ3n) is 7.46. The average Bonchev–Trinajstić information content (AvgIpc) is 2.97. The van der Waals surface area contributed by atoms with Gasteiger partial charge >= 0.3 is 0 Å². The van der Waals surface area contributed by atoms with E-state index in [0.717, 1.165) is 12.8 Å². The van der Waals surface area contributed by atoms with Gasteiger partial charge in [-0.1, -0.05) is 6.92 Å². The Morgan fingerprint density at radius 1 is 0.795 bits per heavy atom. The number of anilines is 6. The van der Waals surface area contributed by atoms with Gasteiger partial charge in [0.1, 0.15) is 5.75 Å². The molecule has 234 valence electrons. The van der Waals surface area contributed by atoms with Crippen LogP contribution >= 0.6 is 0 Å². The number of piperidine rings is 2. The van der Waals surface area contributed by atoms with Crippen LogP contribution in [0.25, 0.3) is 0 Å². The molecular weight excluding hydrogens is 564 g/mol. The molecule has 0 unspecified atom stereocenters. The van der Waals surface area contributed by atoms with E-state index in [4.69, 9.17) is 27.9 Å². The van der Waals surface area contributed by atoms with Gasteiger partial charge in [-0.3, -0.25) is 9.59 Å². The Hall–Kier alpha value is -4.57. The number of aromatic nitrogens is 3. The van der Waals surface area contributed by atoms with Crippen molar-refractivity contribution in [3.8, 4) is 5.75 Å². The largest absolute Gasteiger partial charge is 0.506 e. The normalized spacial score (nSPS) is 21.9. The minimum Gasteiger partial charge on any atom is -0.506 e. The standard InChI is InChI=1S/C29H40N12O3/c1-2-25(43)34-22-7-8-23(24(42)11-22)36-26(44)16-3-5-21(6-4-16)35-27-37-28(40-12-17(30)9-18(31)13-40)39-29(38-27)41-14-19(32)10-20(33)15-41/h3-8,11,17-20,42H,2,9-10,12-15,30-33H2,1H3,(H,34,43)(H,36,44)(H,35,37,38,39)/t17-,18+,19-,20+. The number of hydrogen-bond donors (Lipinski definition) is 8. The minimum atomic E-state index is -0.419. The molecule has 0 spiro atoms. The molecule has 0 saturated carbocycles. The molecule has 2 aromatic carbocycles. The van der Waals surface area contributed by atoms with Gasteiger partial charge in [-0.05, 0) is 49.2 Å². The molecule has 3 heterocycles. The van der Waals surface area contributed by atoms with Crippen LogP contribution in [0, 0.1) is 0 Å². The molecule has 5 rings (SSSR count). The maximum atomic E-state index is 12.9. The van der Waals surface area contributed by atoms with Gasteiger partial charge in [0, 0.05) is 79.8 Å². The summed E-state index contributed by atoms with van der Waals surface area (Å²) in [5, 5.41) is 18.9. The molecule has 2 aliphatic heterocycles. The fourth-order valence-corrected chi connectivity index (χ4v) is 5.37. The van der Waals surface area contributed by atoms with E-state index in [9.17, 15) is 14.7 Å². The number of phenolic OH excluding ortho intramolecular Hbond substituents is 1. The summed E-state index contributed by atoms with van der Waals surface area (Å²) in [5.41, 5.74) is 26.6. The third-order valence-corrected chi connectivity index (χ3v) is 7.46. The summed E-state index contributed by atoms with van der Waals surface area (Å²) < 4.78 is 0. The Bertz CT molecular complexity index is 1420. The summed E-state index contributed by atoms with van der Waals surface area (Å²) in [6, 6.07) is 10.8. The number of aromatic hydroxyl groups is 1.